The van der Waals surface area contributed by atoms with E-state index in [0.717, 1.165) is 12.1 Å². The predicted molar refractivity (Wildman–Crippen MR) is 109 cm³/mol. The van der Waals surface area contributed by atoms with Crippen molar-refractivity contribution < 1.29 is 22.4 Å². The predicted octanol–water partition coefficient (Wildman–Crippen LogP) is 5.24. The van der Waals surface area contributed by atoms with Gasteiger partial charge in [0.15, 0.2) is 5.65 Å². The lowest BCUT2D eigenvalue weighted by Gasteiger charge is -2.08. The first-order valence-corrected chi connectivity index (χ1v) is 9.19. The van der Waals surface area contributed by atoms with Gasteiger partial charge in [0.25, 0.3) is 0 Å². The Balaban J connectivity index is 0.000000628. The molecule has 0 aliphatic carbocycles. The van der Waals surface area contributed by atoms with Crippen LogP contribution >= 0.6 is 11.6 Å². The number of fused-ring (bicyclic) bond motifs is 1. The molecule has 0 saturated carbocycles. The Labute approximate surface area is 179 Å². The average molecular weight is 451 g/mol. The van der Waals surface area contributed by atoms with Crippen LogP contribution in [0.3, 0.4) is 0 Å². The summed E-state index contributed by atoms with van der Waals surface area (Å²) in [4.78, 5) is 17.6. The van der Waals surface area contributed by atoms with Crippen molar-refractivity contribution in [3.05, 3.63) is 77.5 Å². The molecular weight excluding hydrogens is 436 g/mol. The summed E-state index contributed by atoms with van der Waals surface area (Å²) in [5, 5.41) is 2.22. The second kappa shape index (κ2) is 9.13. The lowest BCUT2D eigenvalue weighted by molar-refractivity contribution is -0.137. The summed E-state index contributed by atoms with van der Waals surface area (Å²) in [5.74, 6) is -0.533. The van der Waals surface area contributed by atoms with Crippen LogP contribution in [0, 0.1) is 5.82 Å². The third-order valence-corrected chi connectivity index (χ3v) is 4.53. The van der Waals surface area contributed by atoms with Gasteiger partial charge >= 0.3 is 6.18 Å². The highest BCUT2D eigenvalue weighted by Crippen LogP contribution is 2.31. The summed E-state index contributed by atoms with van der Waals surface area (Å²) in [6, 6.07) is 9.08. The Morgan fingerprint density at radius 3 is 2.26 bits per heavy atom. The molecule has 0 spiro atoms. The fourth-order valence-corrected chi connectivity index (χ4v) is 2.92. The molecule has 0 atom stereocenters. The van der Waals surface area contributed by atoms with Crippen LogP contribution in [-0.4, -0.2) is 27.8 Å². The Kier molecular flexibility index (Phi) is 6.55. The van der Waals surface area contributed by atoms with Crippen molar-refractivity contribution in [2.45, 2.75) is 6.18 Å². The van der Waals surface area contributed by atoms with Crippen molar-refractivity contribution in [1.29, 1.82) is 0 Å². The number of hydrogen-bond donors (Lipinski definition) is 1. The van der Waals surface area contributed by atoms with Gasteiger partial charge in [0.1, 0.15) is 5.82 Å². The van der Waals surface area contributed by atoms with Crippen LogP contribution < -0.4 is 5.32 Å². The van der Waals surface area contributed by atoms with Gasteiger partial charge in [-0.2, -0.15) is 13.2 Å². The zero-order valence-corrected chi connectivity index (χ0v) is 16.7. The SMILES string of the molecule is CNC=O.Fc1ccc(-c2cn3c(-c4ccc(C(F)(F)F)cc4)cnc3cn2)cc1Cl. The molecule has 4 aromatic rings. The van der Waals surface area contributed by atoms with E-state index in [1.807, 2.05) is 0 Å². The Morgan fingerprint density at radius 2 is 1.68 bits per heavy atom. The quantitative estimate of drug-likeness (QED) is 0.343. The maximum absolute atomic E-state index is 13.4. The minimum atomic E-state index is -4.39. The highest BCUT2D eigenvalue weighted by atomic mass is 35.5. The van der Waals surface area contributed by atoms with E-state index in [4.69, 9.17) is 16.4 Å². The van der Waals surface area contributed by atoms with Crippen molar-refractivity contribution in [3.63, 3.8) is 0 Å². The molecule has 0 fully saturated rings. The molecule has 0 unspecified atom stereocenters. The highest BCUT2D eigenvalue weighted by molar-refractivity contribution is 6.31. The number of imidazole rings is 1. The number of hydrogen-bond acceptors (Lipinski definition) is 3. The van der Waals surface area contributed by atoms with Crippen LogP contribution in [-0.2, 0) is 11.0 Å². The summed E-state index contributed by atoms with van der Waals surface area (Å²) in [5.41, 5.74) is 2.12. The van der Waals surface area contributed by atoms with Crippen molar-refractivity contribution in [3.8, 4) is 22.5 Å². The highest BCUT2D eigenvalue weighted by Gasteiger charge is 2.30. The van der Waals surface area contributed by atoms with Gasteiger partial charge in [0.05, 0.1) is 34.4 Å². The van der Waals surface area contributed by atoms with E-state index in [1.165, 1.54) is 30.5 Å². The van der Waals surface area contributed by atoms with Crippen molar-refractivity contribution in [2.75, 3.05) is 7.05 Å². The Morgan fingerprint density at radius 1 is 1.03 bits per heavy atom. The lowest BCUT2D eigenvalue weighted by Crippen LogP contribution is -2.04. The molecule has 4 rings (SSSR count). The molecule has 5 nitrogen and oxygen atoms in total. The molecule has 31 heavy (non-hydrogen) atoms. The molecule has 0 radical (unpaired) electrons. The largest absolute Gasteiger partial charge is 0.416 e. The van der Waals surface area contributed by atoms with E-state index < -0.39 is 17.6 Å². The topological polar surface area (TPSA) is 59.3 Å². The molecule has 2 aromatic heterocycles. The van der Waals surface area contributed by atoms with E-state index in [-0.39, 0.29) is 5.02 Å². The smallest absolute Gasteiger partial charge is 0.362 e. The number of alkyl halides is 3. The normalized spacial score (nSPS) is 11.0. The number of halogens is 5. The maximum atomic E-state index is 13.4. The lowest BCUT2D eigenvalue weighted by atomic mass is 10.1. The minimum absolute atomic E-state index is 0.0250. The van der Waals surface area contributed by atoms with Gasteiger partial charge in [0, 0.05) is 24.4 Å². The zero-order valence-electron chi connectivity index (χ0n) is 16.0. The van der Waals surface area contributed by atoms with Gasteiger partial charge in [-0.05, 0) is 30.3 Å². The summed E-state index contributed by atoms with van der Waals surface area (Å²) in [6.07, 6.45) is 0.997. The number of rotatable bonds is 3. The molecule has 2 heterocycles. The molecule has 160 valence electrons. The molecular formula is C21H15ClF4N4O. The van der Waals surface area contributed by atoms with E-state index in [2.05, 4.69) is 15.3 Å². The van der Waals surface area contributed by atoms with Gasteiger partial charge in [-0.1, -0.05) is 23.7 Å². The van der Waals surface area contributed by atoms with Gasteiger partial charge < -0.3 is 5.32 Å². The van der Waals surface area contributed by atoms with Crippen LogP contribution in [0.4, 0.5) is 17.6 Å². The summed E-state index contributed by atoms with van der Waals surface area (Å²) < 4.78 is 53.3. The Hall–Kier alpha value is -3.46. The second-order valence-corrected chi connectivity index (χ2v) is 6.66. The van der Waals surface area contributed by atoms with Crippen LogP contribution in [0.2, 0.25) is 5.02 Å². The molecule has 10 heteroatoms. The number of aromatic nitrogens is 3. The van der Waals surface area contributed by atoms with Crippen LogP contribution in [0.1, 0.15) is 5.56 Å². The van der Waals surface area contributed by atoms with Crippen LogP contribution in [0.15, 0.2) is 61.1 Å². The summed E-state index contributed by atoms with van der Waals surface area (Å²) in [7, 11) is 1.56. The van der Waals surface area contributed by atoms with E-state index in [9.17, 15) is 17.6 Å². The van der Waals surface area contributed by atoms with Gasteiger partial charge in [-0.15, -0.1) is 0 Å². The third-order valence-electron chi connectivity index (χ3n) is 4.24. The standard InChI is InChI=1S/C19H10ClF4N3.C2H5NO/c20-14-7-12(3-6-15(14)21)16-10-27-17(8-26-18(27)9-25-16)11-1-4-13(5-2-11)19(22,23)24;1-3-2-4/h1-10H;2H,1H3,(H,3,4). The molecule has 0 aliphatic heterocycles. The molecule has 1 amide bonds. The number of nitrogens with zero attached hydrogens (tertiary/aromatic N) is 3. The van der Waals surface area contributed by atoms with E-state index >= 15 is 0 Å². The van der Waals surface area contributed by atoms with Crippen LogP contribution in [0.25, 0.3) is 28.2 Å². The van der Waals surface area contributed by atoms with Crippen molar-refractivity contribution in [2.24, 2.45) is 0 Å². The fourth-order valence-electron chi connectivity index (χ4n) is 2.74. The van der Waals surface area contributed by atoms with Crippen molar-refractivity contribution >= 4 is 23.7 Å². The third kappa shape index (κ3) is 5.00. The monoisotopic (exact) mass is 450 g/mol. The van der Waals surface area contributed by atoms with Gasteiger partial charge in [-0.3, -0.25) is 14.2 Å². The number of benzene rings is 2. The van der Waals surface area contributed by atoms with E-state index in [1.54, 1.807) is 29.9 Å². The van der Waals surface area contributed by atoms with E-state index in [0.29, 0.717) is 34.6 Å². The average Bonchev–Trinajstić information content (AvgIpc) is 3.18. The number of amides is 1. The second-order valence-electron chi connectivity index (χ2n) is 6.25. The maximum Gasteiger partial charge on any atom is 0.416 e. The first-order chi connectivity index (χ1) is 14.7. The van der Waals surface area contributed by atoms with Crippen LogP contribution in [0.5, 0.6) is 0 Å². The number of carbonyl (C=O) groups excluding carboxylic acids is 1. The Bertz CT molecular complexity index is 1210. The van der Waals surface area contributed by atoms with Gasteiger partial charge in [0.2, 0.25) is 6.41 Å². The molecule has 2 aromatic carbocycles. The summed E-state index contributed by atoms with van der Waals surface area (Å²) in [6.45, 7) is 0. The number of nitrogens with one attached hydrogen (secondary N) is 1. The fraction of sp³-hybridized carbons (Fsp3) is 0.0952. The first kappa shape index (κ1) is 22.2. The molecule has 0 saturated heterocycles. The summed E-state index contributed by atoms with van der Waals surface area (Å²) >= 11 is 5.83. The number of carbonyl (C=O) groups is 1. The van der Waals surface area contributed by atoms with Crippen molar-refractivity contribution in [1.82, 2.24) is 19.7 Å². The minimum Gasteiger partial charge on any atom is -0.362 e. The van der Waals surface area contributed by atoms with Gasteiger partial charge in [-0.25, -0.2) is 9.37 Å². The zero-order chi connectivity index (χ0) is 22.6. The first-order valence-electron chi connectivity index (χ1n) is 8.81. The molecule has 0 bridgehead atoms. The molecule has 1 N–H and O–H groups in total. The molecule has 0 aliphatic rings.